The highest BCUT2D eigenvalue weighted by Gasteiger charge is 2.13. The molecule has 0 aliphatic rings. The fourth-order valence-electron chi connectivity index (χ4n) is 1.88. The van der Waals surface area contributed by atoms with Gasteiger partial charge in [-0.25, -0.2) is 0 Å². The normalized spacial score (nSPS) is 10.3. The summed E-state index contributed by atoms with van der Waals surface area (Å²) in [6.07, 6.45) is 0. The second-order valence-corrected chi connectivity index (χ2v) is 4.92. The van der Waals surface area contributed by atoms with Gasteiger partial charge >= 0.3 is 0 Å². The first kappa shape index (κ1) is 13.9. The molecule has 4 heteroatoms. The predicted octanol–water partition coefficient (Wildman–Crippen LogP) is 3.15. The summed E-state index contributed by atoms with van der Waals surface area (Å²) < 4.78 is 0. The topological polar surface area (TPSA) is 67.2 Å². The van der Waals surface area contributed by atoms with Crippen molar-refractivity contribution in [3.05, 3.63) is 54.1 Å². The molecule has 0 unspecified atom stereocenters. The average molecular weight is 269 g/mol. The van der Waals surface area contributed by atoms with E-state index in [1.807, 2.05) is 50.2 Å². The van der Waals surface area contributed by atoms with Gasteiger partial charge < -0.3 is 16.4 Å². The Balaban J connectivity index is 2.31. The Morgan fingerprint density at radius 3 is 2.45 bits per heavy atom. The number of para-hydroxylation sites is 1. The minimum absolute atomic E-state index is 0.0773. The van der Waals surface area contributed by atoms with Crippen LogP contribution in [0.2, 0.25) is 0 Å². The maximum absolute atomic E-state index is 12.2. The first-order chi connectivity index (χ1) is 9.56. The molecule has 1 amide bonds. The Morgan fingerprint density at radius 1 is 1.10 bits per heavy atom. The molecular formula is C16H19N3O. The lowest BCUT2D eigenvalue weighted by atomic mass is 10.1. The number of carbonyl (C=O) groups is 1. The van der Waals surface area contributed by atoms with Gasteiger partial charge in [-0.1, -0.05) is 18.2 Å². The Hall–Kier alpha value is -2.49. The molecule has 0 aromatic heterocycles. The first-order valence-electron chi connectivity index (χ1n) is 6.58. The SMILES string of the molecule is CC(C)NC(=O)c1cc(N)ccc1Nc1ccccc1. The minimum atomic E-state index is -0.134. The summed E-state index contributed by atoms with van der Waals surface area (Å²) in [7, 11) is 0. The smallest absolute Gasteiger partial charge is 0.253 e. The predicted molar refractivity (Wildman–Crippen MR) is 83.2 cm³/mol. The number of rotatable bonds is 4. The van der Waals surface area contributed by atoms with Gasteiger partial charge in [0.05, 0.1) is 11.3 Å². The standard InChI is InChI=1S/C16H19N3O/c1-11(2)18-16(20)14-10-12(17)8-9-15(14)19-13-6-4-3-5-7-13/h3-11,19H,17H2,1-2H3,(H,18,20). The van der Waals surface area contributed by atoms with Crippen LogP contribution in [0, 0.1) is 0 Å². The summed E-state index contributed by atoms with van der Waals surface area (Å²) in [5, 5.41) is 6.12. The third kappa shape index (κ3) is 3.51. The van der Waals surface area contributed by atoms with Gasteiger partial charge in [0, 0.05) is 17.4 Å². The molecule has 2 aromatic carbocycles. The lowest BCUT2D eigenvalue weighted by Crippen LogP contribution is -2.30. The molecule has 0 aliphatic carbocycles. The molecule has 0 saturated carbocycles. The van der Waals surface area contributed by atoms with Gasteiger partial charge in [0.15, 0.2) is 0 Å². The quantitative estimate of drug-likeness (QED) is 0.747. The number of nitrogen functional groups attached to an aromatic ring is 1. The molecule has 0 spiro atoms. The average Bonchev–Trinajstić information content (AvgIpc) is 2.41. The molecule has 0 aliphatic heterocycles. The number of hydrogen-bond acceptors (Lipinski definition) is 3. The van der Waals surface area contributed by atoms with Crippen molar-refractivity contribution in [2.24, 2.45) is 0 Å². The second kappa shape index (κ2) is 6.10. The lowest BCUT2D eigenvalue weighted by Gasteiger charge is -2.14. The number of nitrogens with two attached hydrogens (primary N) is 1. The molecule has 4 N–H and O–H groups in total. The van der Waals surface area contributed by atoms with E-state index in [2.05, 4.69) is 10.6 Å². The molecular weight excluding hydrogens is 250 g/mol. The number of carbonyl (C=O) groups excluding carboxylic acids is 1. The number of nitrogens with one attached hydrogen (secondary N) is 2. The summed E-state index contributed by atoms with van der Waals surface area (Å²) >= 11 is 0. The molecule has 0 fully saturated rings. The molecule has 0 radical (unpaired) electrons. The maximum atomic E-state index is 12.2. The van der Waals surface area contributed by atoms with Gasteiger partial charge in [-0.15, -0.1) is 0 Å². The van der Waals surface area contributed by atoms with E-state index in [1.54, 1.807) is 12.1 Å². The molecule has 2 rings (SSSR count). The van der Waals surface area contributed by atoms with Crippen molar-refractivity contribution in [2.45, 2.75) is 19.9 Å². The van der Waals surface area contributed by atoms with E-state index < -0.39 is 0 Å². The molecule has 104 valence electrons. The third-order valence-corrected chi connectivity index (χ3v) is 2.76. The third-order valence-electron chi connectivity index (χ3n) is 2.76. The number of benzene rings is 2. The molecule has 20 heavy (non-hydrogen) atoms. The van der Waals surface area contributed by atoms with Gasteiger partial charge in [-0.05, 0) is 44.2 Å². The summed E-state index contributed by atoms with van der Waals surface area (Å²) in [5.74, 6) is -0.134. The van der Waals surface area contributed by atoms with Crippen LogP contribution >= 0.6 is 0 Å². The van der Waals surface area contributed by atoms with Crippen LogP contribution in [-0.4, -0.2) is 11.9 Å². The van der Waals surface area contributed by atoms with Crippen LogP contribution in [0.25, 0.3) is 0 Å². The first-order valence-corrected chi connectivity index (χ1v) is 6.58. The number of hydrogen-bond donors (Lipinski definition) is 3. The zero-order valence-corrected chi connectivity index (χ0v) is 11.7. The molecule has 0 saturated heterocycles. The minimum Gasteiger partial charge on any atom is -0.399 e. The van der Waals surface area contributed by atoms with Crippen LogP contribution in [0.5, 0.6) is 0 Å². The van der Waals surface area contributed by atoms with E-state index in [-0.39, 0.29) is 11.9 Å². The molecule has 4 nitrogen and oxygen atoms in total. The Kier molecular flexibility index (Phi) is 4.25. The van der Waals surface area contributed by atoms with Crippen LogP contribution in [0.4, 0.5) is 17.1 Å². The van der Waals surface area contributed by atoms with Crippen molar-refractivity contribution in [3.63, 3.8) is 0 Å². The number of amides is 1. The highest BCUT2D eigenvalue weighted by Crippen LogP contribution is 2.23. The van der Waals surface area contributed by atoms with Gasteiger partial charge in [-0.2, -0.15) is 0 Å². The lowest BCUT2D eigenvalue weighted by molar-refractivity contribution is 0.0944. The largest absolute Gasteiger partial charge is 0.399 e. The van der Waals surface area contributed by atoms with E-state index in [1.165, 1.54) is 0 Å². The zero-order chi connectivity index (χ0) is 14.5. The van der Waals surface area contributed by atoms with Crippen LogP contribution in [0.1, 0.15) is 24.2 Å². The van der Waals surface area contributed by atoms with Crippen LogP contribution < -0.4 is 16.4 Å². The van der Waals surface area contributed by atoms with Crippen LogP contribution in [0.15, 0.2) is 48.5 Å². The summed E-state index contributed by atoms with van der Waals surface area (Å²) in [5.41, 5.74) is 8.56. The van der Waals surface area contributed by atoms with Gasteiger partial charge in [-0.3, -0.25) is 4.79 Å². The van der Waals surface area contributed by atoms with E-state index in [9.17, 15) is 4.79 Å². The number of anilines is 3. The maximum Gasteiger partial charge on any atom is 0.253 e. The Morgan fingerprint density at radius 2 is 1.80 bits per heavy atom. The highest BCUT2D eigenvalue weighted by molar-refractivity contribution is 6.01. The van der Waals surface area contributed by atoms with E-state index in [0.717, 1.165) is 11.4 Å². The summed E-state index contributed by atoms with van der Waals surface area (Å²) in [4.78, 5) is 12.2. The van der Waals surface area contributed by atoms with Crippen LogP contribution in [0.3, 0.4) is 0 Å². The molecule has 0 atom stereocenters. The van der Waals surface area contributed by atoms with Gasteiger partial charge in [0.1, 0.15) is 0 Å². The van der Waals surface area contributed by atoms with Crippen molar-refractivity contribution in [2.75, 3.05) is 11.1 Å². The highest BCUT2D eigenvalue weighted by atomic mass is 16.1. The Labute approximate surface area is 119 Å². The van der Waals surface area contributed by atoms with Crippen molar-refractivity contribution in [3.8, 4) is 0 Å². The summed E-state index contributed by atoms with van der Waals surface area (Å²) in [6.45, 7) is 3.85. The molecule has 2 aromatic rings. The van der Waals surface area contributed by atoms with E-state index in [4.69, 9.17) is 5.73 Å². The zero-order valence-electron chi connectivity index (χ0n) is 11.7. The van der Waals surface area contributed by atoms with Crippen LogP contribution in [-0.2, 0) is 0 Å². The van der Waals surface area contributed by atoms with Gasteiger partial charge in [0.2, 0.25) is 0 Å². The monoisotopic (exact) mass is 269 g/mol. The van der Waals surface area contributed by atoms with Crippen molar-refractivity contribution >= 4 is 23.0 Å². The van der Waals surface area contributed by atoms with Gasteiger partial charge in [0.25, 0.3) is 5.91 Å². The van der Waals surface area contributed by atoms with Crippen molar-refractivity contribution in [1.82, 2.24) is 5.32 Å². The molecule has 0 heterocycles. The van der Waals surface area contributed by atoms with E-state index >= 15 is 0 Å². The summed E-state index contributed by atoms with van der Waals surface area (Å²) in [6, 6.07) is 15.1. The van der Waals surface area contributed by atoms with Crippen molar-refractivity contribution < 1.29 is 4.79 Å². The van der Waals surface area contributed by atoms with Crippen molar-refractivity contribution in [1.29, 1.82) is 0 Å². The van der Waals surface area contributed by atoms with E-state index in [0.29, 0.717) is 11.3 Å². The fraction of sp³-hybridized carbons (Fsp3) is 0.188. The fourth-order valence-corrected chi connectivity index (χ4v) is 1.88. The second-order valence-electron chi connectivity index (χ2n) is 4.92. The Bertz CT molecular complexity index is 594. The molecule has 0 bridgehead atoms.